The first-order valence-corrected chi connectivity index (χ1v) is 9.49. The Labute approximate surface area is 169 Å². The topological polar surface area (TPSA) is 66.8 Å². The average Bonchev–Trinajstić information content (AvgIpc) is 2.97. The van der Waals surface area contributed by atoms with Crippen molar-refractivity contribution < 1.29 is 19.4 Å². The van der Waals surface area contributed by atoms with Gasteiger partial charge in [-0.1, -0.05) is 66.7 Å². The molecule has 3 aromatic rings. The monoisotopic (exact) mass is 387 g/mol. The van der Waals surface area contributed by atoms with Crippen LogP contribution in [0.15, 0.2) is 84.9 Å². The molecule has 1 N–H and O–H groups in total. The zero-order valence-corrected chi connectivity index (χ0v) is 15.8. The number of fused-ring (bicyclic) bond motifs is 1. The van der Waals surface area contributed by atoms with E-state index in [1.807, 2.05) is 42.5 Å². The quantitative estimate of drug-likeness (QED) is 0.630. The molecule has 1 amide bonds. The highest BCUT2D eigenvalue weighted by Crippen LogP contribution is 2.42. The third-order valence-corrected chi connectivity index (χ3v) is 5.08. The Morgan fingerprint density at radius 3 is 2.24 bits per heavy atom. The fraction of sp³-hybridized carbons (Fsp3) is 0.167. The smallest absolute Gasteiger partial charge is 0.264 e. The van der Waals surface area contributed by atoms with Gasteiger partial charge in [0.15, 0.2) is 11.4 Å². The van der Waals surface area contributed by atoms with E-state index in [0.717, 1.165) is 0 Å². The lowest BCUT2D eigenvalue weighted by Crippen LogP contribution is -2.43. The zero-order chi connectivity index (χ0) is 20.3. The van der Waals surface area contributed by atoms with Crippen LogP contribution in [0.4, 0.5) is 5.69 Å². The van der Waals surface area contributed by atoms with Crippen molar-refractivity contribution >= 4 is 17.4 Å². The molecule has 0 spiro atoms. The minimum absolute atomic E-state index is 0.270. The Balaban J connectivity index is 1.54. The Morgan fingerprint density at radius 1 is 0.897 bits per heavy atom. The molecule has 1 aliphatic heterocycles. The van der Waals surface area contributed by atoms with Gasteiger partial charge in [0.2, 0.25) is 0 Å². The number of hydrogen-bond acceptors (Lipinski definition) is 4. The van der Waals surface area contributed by atoms with Crippen molar-refractivity contribution in [1.29, 1.82) is 0 Å². The molecule has 1 aliphatic rings. The Kier molecular flexibility index (Phi) is 5.14. The summed E-state index contributed by atoms with van der Waals surface area (Å²) in [5.74, 6) is -0.0692. The molecule has 1 heterocycles. The number of hydrogen-bond donors (Lipinski definition) is 1. The zero-order valence-electron chi connectivity index (χ0n) is 15.8. The molecule has 1 atom stereocenters. The first kappa shape index (κ1) is 18.9. The van der Waals surface area contributed by atoms with Crippen LogP contribution in [-0.4, -0.2) is 29.9 Å². The van der Waals surface area contributed by atoms with Crippen LogP contribution in [0.1, 0.15) is 22.3 Å². The van der Waals surface area contributed by atoms with Gasteiger partial charge in [-0.3, -0.25) is 9.59 Å². The molecule has 1 unspecified atom stereocenters. The fourth-order valence-electron chi connectivity index (χ4n) is 3.63. The molecule has 0 aliphatic carbocycles. The normalized spacial score (nSPS) is 17.8. The highest BCUT2D eigenvalue weighted by molar-refractivity contribution is 6.10. The van der Waals surface area contributed by atoms with Crippen LogP contribution in [0, 0.1) is 0 Å². The number of anilines is 1. The molecule has 5 heteroatoms. The molecular formula is C24H21NO4. The van der Waals surface area contributed by atoms with Gasteiger partial charge >= 0.3 is 0 Å². The van der Waals surface area contributed by atoms with Gasteiger partial charge in [0.1, 0.15) is 12.4 Å². The largest absolute Gasteiger partial charge is 0.492 e. The number of rotatable bonds is 7. The summed E-state index contributed by atoms with van der Waals surface area (Å²) in [7, 11) is 0. The lowest BCUT2D eigenvalue weighted by molar-refractivity contribution is -0.135. The van der Waals surface area contributed by atoms with Crippen molar-refractivity contribution in [2.75, 3.05) is 18.1 Å². The van der Waals surface area contributed by atoms with E-state index < -0.39 is 11.5 Å². The number of nitrogens with zero attached hydrogens (tertiary/aromatic N) is 1. The summed E-state index contributed by atoms with van der Waals surface area (Å²) in [5, 5.41) is 11.3. The van der Waals surface area contributed by atoms with Gasteiger partial charge < -0.3 is 14.7 Å². The number of benzene rings is 3. The van der Waals surface area contributed by atoms with Crippen LogP contribution in [0.3, 0.4) is 0 Å². The van der Waals surface area contributed by atoms with Crippen LogP contribution in [0.2, 0.25) is 0 Å². The van der Waals surface area contributed by atoms with Crippen LogP contribution in [-0.2, 0) is 10.4 Å². The standard InChI is InChI=1S/C24H21NO4/c26-22(18-9-3-1-4-10-18)17-24(28)20-13-7-8-14-21(20)25(23(24)27)15-16-29-19-11-5-2-6-12-19/h1-14,28H,15-17H2. The summed E-state index contributed by atoms with van der Waals surface area (Å²) in [5.41, 5.74) is -0.348. The number of aliphatic hydroxyl groups is 1. The maximum atomic E-state index is 13.2. The summed E-state index contributed by atoms with van der Waals surface area (Å²) in [6.45, 7) is 0.541. The summed E-state index contributed by atoms with van der Waals surface area (Å²) in [6.07, 6.45) is -0.303. The summed E-state index contributed by atoms with van der Waals surface area (Å²) in [6, 6.07) is 25.1. The van der Waals surface area contributed by atoms with Gasteiger partial charge in [0, 0.05) is 11.1 Å². The van der Waals surface area contributed by atoms with Crippen molar-refractivity contribution in [1.82, 2.24) is 0 Å². The van der Waals surface area contributed by atoms with E-state index in [2.05, 4.69) is 0 Å². The molecule has 0 radical (unpaired) electrons. The number of carbonyl (C=O) groups excluding carboxylic acids is 2. The third kappa shape index (κ3) is 3.65. The van der Waals surface area contributed by atoms with E-state index >= 15 is 0 Å². The molecule has 4 rings (SSSR count). The first-order chi connectivity index (χ1) is 14.1. The molecule has 0 saturated carbocycles. The number of Topliss-reactive ketones (excluding diaryl/α,β-unsaturated/α-hetero) is 1. The van der Waals surface area contributed by atoms with Crippen LogP contribution in [0.5, 0.6) is 5.75 Å². The van der Waals surface area contributed by atoms with E-state index in [1.54, 1.807) is 42.5 Å². The number of ether oxygens (including phenoxy) is 1. The van der Waals surface area contributed by atoms with Crippen molar-refractivity contribution in [2.45, 2.75) is 12.0 Å². The van der Waals surface area contributed by atoms with E-state index in [1.165, 1.54) is 4.90 Å². The average molecular weight is 387 g/mol. The Bertz CT molecular complexity index is 1020. The van der Waals surface area contributed by atoms with Gasteiger partial charge in [0.05, 0.1) is 18.7 Å². The summed E-state index contributed by atoms with van der Waals surface area (Å²) in [4.78, 5) is 27.4. The predicted molar refractivity (Wildman–Crippen MR) is 110 cm³/mol. The molecule has 146 valence electrons. The first-order valence-electron chi connectivity index (χ1n) is 9.49. The Morgan fingerprint density at radius 2 is 1.52 bits per heavy atom. The lowest BCUT2D eigenvalue weighted by atomic mass is 9.88. The summed E-state index contributed by atoms with van der Waals surface area (Å²) >= 11 is 0. The van der Waals surface area contributed by atoms with Gasteiger partial charge in [-0.25, -0.2) is 0 Å². The van der Waals surface area contributed by atoms with Crippen LogP contribution >= 0.6 is 0 Å². The lowest BCUT2D eigenvalue weighted by Gasteiger charge is -2.23. The van der Waals surface area contributed by atoms with Gasteiger partial charge in [0.25, 0.3) is 5.91 Å². The summed E-state index contributed by atoms with van der Waals surface area (Å²) < 4.78 is 5.71. The highest BCUT2D eigenvalue weighted by atomic mass is 16.5. The highest BCUT2D eigenvalue weighted by Gasteiger charge is 2.50. The maximum absolute atomic E-state index is 13.2. The third-order valence-electron chi connectivity index (χ3n) is 5.08. The van der Waals surface area contributed by atoms with Gasteiger partial charge in [-0.15, -0.1) is 0 Å². The molecular weight excluding hydrogens is 366 g/mol. The van der Waals surface area contributed by atoms with Crippen LogP contribution < -0.4 is 9.64 Å². The number of carbonyl (C=O) groups is 2. The predicted octanol–water partition coefficient (Wildman–Crippen LogP) is 3.57. The van der Waals surface area contributed by atoms with Crippen molar-refractivity contribution in [3.63, 3.8) is 0 Å². The molecule has 0 saturated heterocycles. The number of para-hydroxylation sites is 2. The molecule has 0 aromatic heterocycles. The molecule has 0 bridgehead atoms. The minimum Gasteiger partial charge on any atom is -0.492 e. The molecule has 29 heavy (non-hydrogen) atoms. The van der Waals surface area contributed by atoms with E-state index in [9.17, 15) is 14.7 Å². The molecule has 5 nitrogen and oxygen atoms in total. The maximum Gasteiger partial charge on any atom is 0.264 e. The Hall–Kier alpha value is -3.44. The minimum atomic E-state index is -1.88. The fourth-order valence-corrected chi connectivity index (χ4v) is 3.63. The second kappa shape index (κ2) is 7.89. The van der Waals surface area contributed by atoms with Crippen molar-refractivity contribution in [2.24, 2.45) is 0 Å². The second-order valence-electron chi connectivity index (χ2n) is 6.96. The molecule has 0 fully saturated rings. The number of amides is 1. The van der Waals surface area contributed by atoms with Crippen molar-refractivity contribution in [3.8, 4) is 5.75 Å². The SMILES string of the molecule is O=C(CC1(O)C(=O)N(CCOc2ccccc2)c2ccccc21)c1ccccc1. The van der Waals surface area contributed by atoms with E-state index in [-0.39, 0.29) is 25.4 Å². The van der Waals surface area contributed by atoms with Crippen LogP contribution in [0.25, 0.3) is 0 Å². The van der Waals surface area contributed by atoms with E-state index in [0.29, 0.717) is 22.6 Å². The number of ketones is 1. The van der Waals surface area contributed by atoms with Crippen molar-refractivity contribution in [3.05, 3.63) is 96.1 Å². The van der Waals surface area contributed by atoms with Gasteiger partial charge in [-0.05, 0) is 18.2 Å². The second-order valence-corrected chi connectivity index (χ2v) is 6.96. The molecule has 3 aromatic carbocycles. The van der Waals surface area contributed by atoms with Gasteiger partial charge in [-0.2, -0.15) is 0 Å². The van der Waals surface area contributed by atoms with E-state index in [4.69, 9.17) is 4.74 Å².